The van der Waals surface area contributed by atoms with E-state index in [-0.39, 0.29) is 5.78 Å². The molecule has 1 heterocycles. The van der Waals surface area contributed by atoms with Gasteiger partial charge in [-0.15, -0.1) is 0 Å². The van der Waals surface area contributed by atoms with Crippen LogP contribution in [-0.4, -0.2) is 10.4 Å². The molecular formula is C8H9NO. The molecule has 0 radical (unpaired) electrons. The van der Waals surface area contributed by atoms with E-state index in [0.29, 0.717) is 0 Å². The van der Waals surface area contributed by atoms with Gasteiger partial charge in [0.2, 0.25) is 0 Å². The van der Waals surface area contributed by atoms with Crippen molar-refractivity contribution in [3.63, 3.8) is 0 Å². The molecule has 52 valence electrons. The predicted molar refractivity (Wildman–Crippen MR) is 40.4 cm³/mol. The molecule has 0 aliphatic rings. The van der Waals surface area contributed by atoms with Crippen molar-refractivity contribution in [2.24, 2.45) is 0 Å². The van der Waals surface area contributed by atoms with E-state index in [1.165, 1.54) is 13.0 Å². The predicted octanol–water partition coefficient (Wildman–Crippen LogP) is 1.55. The lowest BCUT2D eigenvalue weighted by molar-refractivity contribution is -0.112. The fourth-order valence-corrected chi connectivity index (χ4v) is 0.638. The molecule has 0 aromatic carbocycles. The summed E-state index contributed by atoms with van der Waals surface area (Å²) in [5.41, 5.74) is 0. The molecule has 0 unspecified atom stereocenters. The van der Waals surface area contributed by atoms with Crippen molar-refractivity contribution in [3.8, 4) is 0 Å². The molecule has 0 aliphatic carbocycles. The molecule has 10 heavy (non-hydrogen) atoms. The van der Waals surface area contributed by atoms with E-state index in [2.05, 4.69) is 0 Å². The lowest BCUT2D eigenvalue weighted by atomic mass is 10.4. The van der Waals surface area contributed by atoms with Crippen LogP contribution in [0.2, 0.25) is 0 Å². The molecule has 0 fully saturated rings. The minimum absolute atomic E-state index is 0.0636. The van der Waals surface area contributed by atoms with Gasteiger partial charge in [-0.1, -0.05) is 0 Å². The van der Waals surface area contributed by atoms with Crippen molar-refractivity contribution in [1.29, 1.82) is 0 Å². The molecule has 0 aliphatic heterocycles. The van der Waals surface area contributed by atoms with Crippen LogP contribution in [0.4, 0.5) is 0 Å². The van der Waals surface area contributed by atoms with Crippen LogP contribution in [-0.2, 0) is 4.79 Å². The monoisotopic (exact) mass is 135 g/mol. The summed E-state index contributed by atoms with van der Waals surface area (Å²) >= 11 is 0. The van der Waals surface area contributed by atoms with Gasteiger partial charge in [0.05, 0.1) is 0 Å². The van der Waals surface area contributed by atoms with Crippen LogP contribution < -0.4 is 0 Å². The van der Waals surface area contributed by atoms with Gasteiger partial charge in [-0.25, -0.2) is 0 Å². The second-order valence-corrected chi connectivity index (χ2v) is 2.06. The van der Waals surface area contributed by atoms with E-state index in [1.807, 2.05) is 29.1 Å². The molecule has 0 saturated heterocycles. The zero-order valence-electron chi connectivity index (χ0n) is 5.82. The topological polar surface area (TPSA) is 22.0 Å². The first-order valence-electron chi connectivity index (χ1n) is 3.10. The van der Waals surface area contributed by atoms with Gasteiger partial charge in [0.1, 0.15) is 0 Å². The summed E-state index contributed by atoms with van der Waals surface area (Å²) in [6, 6.07) is 3.81. The van der Waals surface area contributed by atoms with Crippen molar-refractivity contribution in [2.75, 3.05) is 0 Å². The normalized spacial score (nSPS) is 10.5. The summed E-state index contributed by atoms with van der Waals surface area (Å²) < 4.78 is 1.82. The van der Waals surface area contributed by atoms with Gasteiger partial charge in [0, 0.05) is 18.6 Å². The zero-order valence-corrected chi connectivity index (χ0v) is 5.82. The maximum Gasteiger partial charge on any atom is 0.154 e. The van der Waals surface area contributed by atoms with Crippen LogP contribution in [0.15, 0.2) is 30.6 Å². The summed E-state index contributed by atoms with van der Waals surface area (Å²) in [5, 5.41) is 0. The first-order chi connectivity index (χ1) is 4.79. The molecule has 0 spiro atoms. The van der Waals surface area contributed by atoms with Crippen LogP contribution in [0, 0.1) is 0 Å². The van der Waals surface area contributed by atoms with Crippen LogP contribution in [0.1, 0.15) is 6.92 Å². The number of carbonyl (C=O) groups is 1. The summed E-state index contributed by atoms with van der Waals surface area (Å²) in [6.45, 7) is 1.53. The van der Waals surface area contributed by atoms with Crippen LogP contribution in [0.25, 0.3) is 6.20 Å². The van der Waals surface area contributed by atoms with Crippen LogP contribution in [0.3, 0.4) is 0 Å². The largest absolute Gasteiger partial charge is 0.330 e. The SMILES string of the molecule is CC(=O)/C=C/n1cccc1. The van der Waals surface area contributed by atoms with E-state index in [4.69, 9.17) is 0 Å². The quantitative estimate of drug-likeness (QED) is 0.564. The van der Waals surface area contributed by atoms with Crippen molar-refractivity contribution in [3.05, 3.63) is 30.6 Å². The Balaban J connectivity index is 2.64. The minimum atomic E-state index is 0.0636. The lowest BCUT2D eigenvalue weighted by Gasteiger charge is -1.87. The lowest BCUT2D eigenvalue weighted by Crippen LogP contribution is -1.83. The minimum Gasteiger partial charge on any atom is -0.330 e. The molecule has 1 aromatic heterocycles. The van der Waals surface area contributed by atoms with Crippen LogP contribution in [0.5, 0.6) is 0 Å². The Hall–Kier alpha value is -1.31. The van der Waals surface area contributed by atoms with E-state index >= 15 is 0 Å². The van der Waals surface area contributed by atoms with Crippen molar-refractivity contribution in [1.82, 2.24) is 4.57 Å². The highest BCUT2D eigenvalue weighted by Gasteiger charge is 1.81. The average molecular weight is 135 g/mol. The molecule has 0 amide bonds. The third-order valence-corrected chi connectivity index (χ3v) is 1.11. The highest BCUT2D eigenvalue weighted by molar-refractivity contribution is 5.89. The van der Waals surface area contributed by atoms with Gasteiger partial charge in [0.25, 0.3) is 0 Å². The molecule has 2 nitrogen and oxygen atoms in total. The maximum atomic E-state index is 10.4. The smallest absolute Gasteiger partial charge is 0.154 e. The van der Waals surface area contributed by atoms with Crippen LogP contribution >= 0.6 is 0 Å². The third kappa shape index (κ3) is 1.90. The van der Waals surface area contributed by atoms with Gasteiger partial charge in [-0.2, -0.15) is 0 Å². The van der Waals surface area contributed by atoms with Gasteiger partial charge < -0.3 is 4.57 Å². The van der Waals surface area contributed by atoms with Crippen molar-refractivity contribution >= 4 is 12.0 Å². The summed E-state index contributed by atoms with van der Waals surface area (Å²) in [7, 11) is 0. The van der Waals surface area contributed by atoms with Gasteiger partial charge in [-0.3, -0.25) is 4.79 Å². The highest BCUT2D eigenvalue weighted by atomic mass is 16.1. The van der Waals surface area contributed by atoms with Crippen molar-refractivity contribution in [2.45, 2.75) is 6.92 Å². The Morgan fingerprint density at radius 2 is 2.00 bits per heavy atom. The number of ketones is 1. The molecular weight excluding hydrogens is 126 g/mol. The zero-order chi connectivity index (χ0) is 7.40. The number of carbonyl (C=O) groups excluding carboxylic acids is 1. The fourth-order valence-electron chi connectivity index (χ4n) is 0.638. The second kappa shape index (κ2) is 3.01. The molecule has 1 aromatic rings. The summed E-state index contributed by atoms with van der Waals surface area (Å²) in [5.74, 6) is 0.0636. The average Bonchev–Trinajstić information content (AvgIpc) is 2.34. The van der Waals surface area contributed by atoms with Crippen molar-refractivity contribution < 1.29 is 4.79 Å². The number of hydrogen-bond donors (Lipinski definition) is 0. The Labute approximate surface area is 59.8 Å². The number of hydrogen-bond acceptors (Lipinski definition) is 1. The van der Waals surface area contributed by atoms with E-state index in [9.17, 15) is 4.79 Å². The third-order valence-electron chi connectivity index (χ3n) is 1.11. The summed E-state index contributed by atoms with van der Waals surface area (Å²) in [6.07, 6.45) is 7.00. The highest BCUT2D eigenvalue weighted by Crippen LogP contribution is 1.90. The maximum absolute atomic E-state index is 10.4. The van der Waals surface area contributed by atoms with Gasteiger partial charge in [-0.05, 0) is 25.1 Å². The Bertz CT molecular complexity index is 234. The number of aromatic nitrogens is 1. The van der Waals surface area contributed by atoms with Gasteiger partial charge in [0.15, 0.2) is 5.78 Å². The molecule has 0 saturated carbocycles. The Morgan fingerprint density at radius 1 is 1.40 bits per heavy atom. The molecule has 0 N–H and O–H groups in total. The second-order valence-electron chi connectivity index (χ2n) is 2.06. The molecule has 0 atom stereocenters. The molecule has 1 rings (SSSR count). The first kappa shape index (κ1) is 6.81. The van der Waals surface area contributed by atoms with E-state index in [0.717, 1.165) is 0 Å². The standard InChI is InChI=1S/C8H9NO/c1-8(10)4-7-9-5-2-3-6-9/h2-7H,1H3/b7-4+. The van der Waals surface area contributed by atoms with E-state index < -0.39 is 0 Å². The Kier molecular flexibility index (Phi) is 2.05. The summed E-state index contributed by atoms with van der Waals surface area (Å²) in [4.78, 5) is 10.4. The number of nitrogens with zero attached hydrogens (tertiary/aromatic N) is 1. The molecule has 0 bridgehead atoms. The first-order valence-corrected chi connectivity index (χ1v) is 3.10. The Morgan fingerprint density at radius 3 is 2.50 bits per heavy atom. The van der Waals surface area contributed by atoms with Gasteiger partial charge >= 0.3 is 0 Å². The molecule has 2 heteroatoms. The number of rotatable bonds is 2. The van der Waals surface area contributed by atoms with E-state index in [1.54, 1.807) is 6.20 Å². The fraction of sp³-hybridized carbons (Fsp3) is 0.125. The number of allylic oxidation sites excluding steroid dienone is 1.